The van der Waals surface area contributed by atoms with E-state index in [1.54, 1.807) is 4.90 Å². The average Bonchev–Trinajstić information content (AvgIpc) is 2.37. The number of urea groups is 1. The number of amides is 2. The molecule has 98 valence electrons. The molecule has 0 bridgehead atoms. The Balaban J connectivity index is 1.83. The molecule has 6 heteroatoms. The molecule has 0 aromatic heterocycles. The van der Waals surface area contributed by atoms with Crippen molar-refractivity contribution in [2.45, 2.75) is 6.54 Å². The molecule has 1 aromatic rings. The molecule has 1 saturated heterocycles. The third-order valence-electron chi connectivity index (χ3n) is 2.92. The molecule has 18 heavy (non-hydrogen) atoms. The maximum absolute atomic E-state index is 11.8. The van der Waals surface area contributed by atoms with Crippen LogP contribution in [0.4, 0.5) is 4.79 Å². The summed E-state index contributed by atoms with van der Waals surface area (Å²) in [6.07, 6.45) is 0. The van der Waals surface area contributed by atoms with Crippen LogP contribution in [0, 0.1) is 0 Å². The molecule has 1 N–H and O–H groups in total. The van der Waals surface area contributed by atoms with Gasteiger partial charge < -0.3 is 10.2 Å². The van der Waals surface area contributed by atoms with Gasteiger partial charge in [0.2, 0.25) is 0 Å². The highest BCUT2D eigenvalue weighted by molar-refractivity contribution is 7.91. The van der Waals surface area contributed by atoms with Crippen LogP contribution in [0.2, 0.25) is 0 Å². The topological polar surface area (TPSA) is 66.5 Å². The molecular weight excluding hydrogens is 252 g/mol. The molecule has 2 amide bonds. The molecule has 1 aromatic carbocycles. The molecule has 1 aliphatic rings. The first-order chi connectivity index (χ1) is 8.57. The summed E-state index contributed by atoms with van der Waals surface area (Å²) < 4.78 is 22.5. The fraction of sp³-hybridized carbons (Fsp3) is 0.417. The lowest BCUT2D eigenvalue weighted by atomic mass is 10.2. The Kier molecular flexibility index (Phi) is 3.86. The minimum absolute atomic E-state index is 0.0613. The summed E-state index contributed by atoms with van der Waals surface area (Å²) >= 11 is 0. The van der Waals surface area contributed by atoms with Crippen LogP contribution >= 0.6 is 0 Å². The quantitative estimate of drug-likeness (QED) is 0.855. The van der Waals surface area contributed by atoms with Gasteiger partial charge in [0.15, 0.2) is 9.84 Å². The van der Waals surface area contributed by atoms with E-state index in [4.69, 9.17) is 0 Å². The molecule has 0 spiro atoms. The lowest BCUT2D eigenvalue weighted by molar-refractivity contribution is 0.202. The molecule has 1 heterocycles. The van der Waals surface area contributed by atoms with Crippen LogP contribution in [0.15, 0.2) is 30.3 Å². The second kappa shape index (κ2) is 5.39. The number of hydrogen-bond donors (Lipinski definition) is 1. The van der Waals surface area contributed by atoms with Crippen molar-refractivity contribution < 1.29 is 13.2 Å². The van der Waals surface area contributed by atoms with E-state index in [2.05, 4.69) is 5.32 Å². The molecule has 2 rings (SSSR count). The van der Waals surface area contributed by atoms with E-state index >= 15 is 0 Å². The molecule has 1 aliphatic heterocycles. The van der Waals surface area contributed by atoms with Gasteiger partial charge in [0.05, 0.1) is 11.5 Å². The molecule has 0 saturated carbocycles. The standard InChI is InChI=1S/C12H16N2O3S/c15-12(13-10-11-4-2-1-3-5-11)14-6-8-18(16,17)9-7-14/h1-5H,6-10H2,(H,13,15). The molecule has 5 nitrogen and oxygen atoms in total. The monoisotopic (exact) mass is 268 g/mol. The average molecular weight is 268 g/mol. The van der Waals surface area contributed by atoms with E-state index < -0.39 is 9.84 Å². The summed E-state index contributed by atoms with van der Waals surface area (Å²) in [4.78, 5) is 13.3. The minimum Gasteiger partial charge on any atom is -0.334 e. The zero-order chi connectivity index (χ0) is 13.0. The van der Waals surface area contributed by atoms with Gasteiger partial charge in [-0.2, -0.15) is 0 Å². The number of rotatable bonds is 2. The van der Waals surface area contributed by atoms with Crippen molar-refractivity contribution in [2.24, 2.45) is 0 Å². The van der Waals surface area contributed by atoms with Crippen molar-refractivity contribution in [3.05, 3.63) is 35.9 Å². The third-order valence-corrected chi connectivity index (χ3v) is 4.53. The van der Waals surface area contributed by atoms with E-state index in [-0.39, 0.29) is 30.6 Å². The summed E-state index contributed by atoms with van der Waals surface area (Å²) in [7, 11) is -2.94. The van der Waals surface area contributed by atoms with Gasteiger partial charge in [0.25, 0.3) is 0 Å². The van der Waals surface area contributed by atoms with Crippen LogP contribution in [-0.2, 0) is 16.4 Å². The highest BCUT2D eigenvalue weighted by atomic mass is 32.2. The van der Waals surface area contributed by atoms with Gasteiger partial charge in [-0.3, -0.25) is 0 Å². The van der Waals surface area contributed by atoms with Gasteiger partial charge in [0.1, 0.15) is 0 Å². The SMILES string of the molecule is O=C(NCc1ccccc1)N1CCS(=O)(=O)CC1. The van der Waals surface area contributed by atoms with Crippen LogP contribution in [0.1, 0.15) is 5.56 Å². The lowest BCUT2D eigenvalue weighted by Crippen LogP contribution is -2.47. The minimum atomic E-state index is -2.94. The molecule has 0 atom stereocenters. The number of carbonyl (C=O) groups is 1. The summed E-state index contributed by atoms with van der Waals surface area (Å²) in [5.41, 5.74) is 1.02. The van der Waals surface area contributed by atoms with Crippen LogP contribution in [0.3, 0.4) is 0 Å². The zero-order valence-electron chi connectivity index (χ0n) is 10.0. The van der Waals surface area contributed by atoms with E-state index in [0.29, 0.717) is 6.54 Å². The van der Waals surface area contributed by atoms with Crippen molar-refractivity contribution >= 4 is 15.9 Å². The summed E-state index contributed by atoms with van der Waals surface area (Å²) in [5, 5.41) is 2.79. The summed E-state index contributed by atoms with van der Waals surface area (Å²) in [6.45, 7) is 1.02. The second-order valence-corrected chi connectivity index (χ2v) is 6.59. The number of carbonyl (C=O) groups excluding carboxylic acids is 1. The predicted octanol–water partition coefficient (Wildman–Crippen LogP) is 0.627. The maximum Gasteiger partial charge on any atom is 0.317 e. The van der Waals surface area contributed by atoms with E-state index in [1.807, 2.05) is 30.3 Å². The van der Waals surface area contributed by atoms with Crippen molar-refractivity contribution in [1.29, 1.82) is 0 Å². The molecular formula is C12H16N2O3S. The Bertz CT molecular complexity index is 499. The summed E-state index contributed by atoms with van der Waals surface area (Å²) in [6, 6.07) is 9.40. The Morgan fingerprint density at radius 1 is 1.17 bits per heavy atom. The van der Waals surface area contributed by atoms with Crippen LogP contribution in [0.25, 0.3) is 0 Å². The number of benzene rings is 1. The van der Waals surface area contributed by atoms with Gasteiger partial charge in [-0.15, -0.1) is 0 Å². The Labute approximate surface area is 107 Å². The lowest BCUT2D eigenvalue weighted by Gasteiger charge is -2.26. The number of hydrogen-bond acceptors (Lipinski definition) is 3. The van der Waals surface area contributed by atoms with Gasteiger partial charge in [0, 0.05) is 19.6 Å². The van der Waals surface area contributed by atoms with Crippen LogP contribution in [0.5, 0.6) is 0 Å². The first kappa shape index (κ1) is 12.9. The fourth-order valence-corrected chi connectivity index (χ4v) is 3.00. The molecule has 0 radical (unpaired) electrons. The maximum atomic E-state index is 11.8. The van der Waals surface area contributed by atoms with Gasteiger partial charge in [-0.25, -0.2) is 13.2 Å². The van der Waals surface area contributed by atoms with Crippen LogP contribution < -0.4 is 5.32 Å². The van der Waals surface area contributed by atoms with Crippen molar-refractivity contribution in [1.82, 2.24) is 10.2 Å². The Morgan fingerprint density at radius 2 is 1.78 bits per heavy atom. The number of sulfone groups is 1. The highest BCUT2D eigenvalue weighted by Crippen LogP contribution is 2.04. The number of nitrogens with one attached hydrogen (secondary N) is 1. The first-order valence-electron chi connectivity index (χ1n) is 5.84. The van der Waals surface area contributed by atoms with Gasteiger partial charge in [-0.1, -0.05) is 30.3 Å². The smallest absolute Gasteiger partial charge is 0.317 e. The first-order valence-corrected chi connectivity index (χ1v) is 7.66. The molecule has 0 aliphatic carbocycles. The Morgan fingerprint density at radius 3 is 2.39 bits per heavy atom. The highest BCUT2D eigenvalue weighted by Gasteiger charge is 2.24. The normalized spacial score (nSPS) is 18.3. The van der Waals surface area contributed by atoms with E-state index in [1.165, 1.54) is 0 Å². The Hall–Kier alpha value is -1.56. The number of nitrogens with zero attached hydrogens (tertiary/aromatic N) is 1. The molecule has 1 fully saturated rings. The second-order valence-electron chi connectivity index (χ2n) is 4.28. The predicted molar refractivity (Wildman–Crippen MR) is 68.9 cm³/mol. The van der Waals surface area contributed by atoms with E-state index in [0.717, 1.165) is 5.56 Å². The zero-order valence-corrected chi connectivity index (χ0v) is 10.8. The largest absolute Gasteiger partial charge is 0.334 e. The van der Waals surface area contributed by atoms with Crippen molar-refractivity contribution in [2.75, 3.05) is 24.6 Å². The van der Waals surface area contributed by atoms with Gasteiger partial charge in [-0.05, 0) is 5.56 Å². The van der Waals surface area contributed by atoms with Crippen LogP contribution in [-0.4, -0.2) is 43.9 Å². The fourth-order valence-electron chi connectivity index (χ4n) is 1.80. The third kappa shape index (κ3) is 3.46. The summed E-state index contributed by atoms with van der Waals surface area (Å²) in [5.74, 6) is 0.123. The van der Waals surface area contributed by atoms with E-state index in [9.17, 15) is 13.2 Å². The van der Waals surface area contributed by atoms with Crippen molar-refractivity contribution in [3.63, 3.8) is 0 Å². The molecule has 0 unspecified atom stereocenters. The van der Waals surface area contributed by atoms with Gasteiger partial charge >= 0.3 is 6.03 Å². The van der Waals surface area contributed by atoms with Crippen molar-refractivity contribution in [3.8, 4) is 0 Å².